The number of nitrogens with two attached hydrogens (primary N) is 1. The quantitative estimate of drug-likeness (QED) is 0.602. The highest BCUT2D eigenvalue weighted by Gasteiger charge is 2.30. The molecule has 28 heavy (non-hydrogen) atoms. The van der Waals surface area contributed by atoms with Gasteiger partial charge in [-0.2, -0.15) is 0 Å². The first kappa shape index (κ1) is 22.1. The Morgan fingerprint density at radius 1 is 0.964 bits per heavy atom. The van der Waals surface area contributed by atoms with Gasteiger partial charge in [-0.25, -0.2) is 8.42 Å². The molecule has 0 aliphatic carbocycles. The molecule has 0 saturated heterocycles. The maximum absolute atomic E-state index is 13.1. The van der Waals surface area contributed by atoms with Gasteiger partial charge < -0.3 is 10.8 Å². The predicted octanol–water partition coefficient (Wildman–Crippen LogP) is 3.11. The molecule has 2 aromatic rings. The van der Waals surface area contributed by atoms with Gasteiger partial charge in [-0.1, -0.05) is 55.5 Å². The van der Waals surface area contributed by atoms with Crippen LogP contribution in [0, 0.1) is 5.92 Å². The zero-order valence-corrected chi connectivity index (χ0v) is 17.0. The standard InChI is InChI=1S/C22H29NO4S/c1-17(22(23)25)12-15-21(28(26,27)20-10-6-3-7-11-20)16-19(24)14-13-18-8-4-2-5-9-18/h2-11,17,19,21,24H,12-16H2,1H3,(H2,23,25). The lowest BCUT2D eigenvalue weighted by Crippen LogP contribution is -2.29. The normalized spacial score (nSPS) is 14.9. The van der Waals surface area contributed by atoms with E-state index in [1.807, 2.05) is 30.3 Å². The van der Waals surface area contributed by atoms with Gasteiger partial charge in [-0.15, -0.1) is 0 Å². The molecule has 2 rings (SSSR count). The third-order valence-corrected chi connectivity index (χ3v) is 7.30. The lowest BCUT2D eigenvalue weighted by Gasteiger charge is -2.22. The van der Waals surface area contributed by atoms with E-state index in [2.05, 4.69) is 0 Å². The molecular weight excluding hydrogens is 374 g/mol. The number of benzene rings is 2. The highest BCUT2D eigenvalue weighted by molar-refractivity contribution is 7.92. The van der Waals surface area contributed by atoms with Crippen molar-refractivity contribution in [3.05, 3.63) is 66.2 Å². The minimum absolute atomic E-state index is 0.134. The van der Waals surface area contributed by atoms with Crippen LogP contribution in [0.1, 0.15) is 38.2 Å². The summed E-state index contributed by atoms with van der Waals surface area (Å²) in [6.07, 6.45) is 1.21. The number of aryl methyl sites for hydroxylation is 1. The average Bonchev–Trinajstić information content (AvgIpc) is 2.70. The van der Waals surface area contributed by atoms with Crippen molar-refractivity contribution in [1.29, 1.82) is 0 Å². The number of hydrogen-bond acceptors (Lipinski definition) is 4. The van der Waals surface area contributed by atoms with Crippen molar-refractivity contribution < 1.29 is 18.3 Å². The van der Waals surface area contributed by atoms with Crippen LogP contribution >= 0.6 is 0 Å². The summed E-state index contributed by atoms with van der Waals surface area (Å²) < 4.78 is 26.2. The fraction of sp³-hybridized carbons (Fsp3) is 0.409. The lowest BCUT2D eigenvalue weighted by molar-refractivity contribution is -0.121. The Balaban J connectivity index is 2.09. The molecule has 0 aliphatic heterocycles. The van der Waals surface area contributed by atoms with Crippen molar-refractivity contribution in [3.8, 4) is 0 Å². The Hall–Kier alpha value is -2.18. The summed E-state index contributed by atoms with van der Waals surface area (Å²) in [6, 6.07) is 18.0. The van der Waals surface area contributed by atoms with Gasteiger partial charge in [0.15, 0.2) is 9.84 Å². The van der Waals surface area contributed by atoms with Gasteiger partial charge >= 0.3 is 0 Å². The van der Waals surface area contributed by atoms with Crippen LogP contribution in [0.15, 0.2) is 65.6 Å². The number of aliphatic hydroxyl groups excluding tert-OH is 1. The van der Waals surface area contributed by atoms with Crippen molar-refractivity contribution in [2.75, 3.05) is 0 Å². The molecule has 3 atom stereocenters. The van der Waals surface area contributed by atoms with Crippen molar-refractivity contribution in [2.24, 2.45) is 11.7 Å². The number of carbonyl (C=O) groups is 1. The number of aliphatic hydroxyl groups is 1. The average molecular weight is 404 g/mol. The maximum atomic E-state index is 13.1. The number of carbonyl (C=O) groups excluding carboxylic acids is 1. The van der Waals surface area contributed by atoms with Crippen LogP contribution in [0.5, 0.6) is 0 Å². The van der Waals surface area contributed by atoms with Crippen molar-refractivity contribution in [1.82, 2.24) is 0 Å². The molecule has 0 saturated carbocycles. The number of rotatable bonds is 11. The maximum Gasteiger partial charge on any atom is 0.220 e. The van der Waals surface area contributed by atoms with E-state index in [4.69, 9.17) is 5.73 Å². The van der Waals surface area contributed by atoms with Crippen LogP contribution in [0.3, 0.4) is 0 Å². The van der Waals surface area contributed by atoms with Gasteiger partial charge in [0.1, 0.15) is 0 Å². The van der Waals surface area contributed by atoms with Crippen molar-refractivity contribution in [3.63, 3.8) is 0 Å². The van der Waals surface area contributed by atoms with E-state index in [0.717, 1.165) is 5.56 Å². The second kappa shape index (κ2) is 10.4. The molecule has 3 N–H and O–H groups in total. The van der Waals surface area contributed by atoms with Crippen LogP contribution in [0.25, 0.3) is 0 Å². The zero-order chi connectivity index (χ0) is 20.6. The highest BCUT2D eigenvalue weighted by atomic mass is 32.2. The summed E-state index contributed by atoms with van der Waals surface area (Å²) in [5.74, 6) is -0.851. The van der Waals surface area contributed by atoms with E-state index < -0.39 is 33.0 Å². The first-order valence-electron chi connectivity index (χ1n) is 9.61. The minimum Gasteiger partial charge on any atom is -0.393 e. The fourth-order valence-corrected chi connectivity index (χ4v) is 5.02. The molecule has 0 fully saturated rings. The van der Waals surface area contributed by atoms with Crippen LogP contribution in [0.4, 0.5) is 0 Å². The van der Waals surface area contributed by atoms with Gasteiger partial charge in [0.05, 0.1) is 16.2 Å². The number of amides is 1. The van der Waals surface area contributed by atoms with Crippen LogP contribution in [0.2, 0.25) is 0 Å². The number of primary amides is 1. The SMILES string of the molecule is CC(CCC(CC(O)CCc1ccccc1)S(=O)(=O)c1ccccc1)C(N)=O. The molecule has 5 nitrogen and oxygen atoms in total. The van der Waals surface area contributed by atoms with E-state index in [1.54, 1.807) is 37.3 Å². The largest absolute Gasteiger partial charge is 0.393 e. The Morgan fingerprint density at radius 2 is 1.54 bits per heavy atom. The molecule has 0 heterocycles. The molecular formula is C22H29NO4S. The fourth-order valence-electron chi connectivity index (χ4n) is 3.18. The summed E-state index contributed by atoms with van der Waals surface area (Å²) in [5.41, 5.74) is 6.42. The van der Waals surface area contributed by atoms with Crippen molar-refractivity contribution in [2.45, 2.75) is 55.3 Å². The summed E-state index contributed by atoms with van der Waals surface area (Å²) >= 11 is 0. The predicted molar refractivity (Wildman–Crippen MR) is 110 cm³/mol. The highest BCUT2D eigenvalue weighted by Crippen LogP contribution is 2.26. The van der Waals surface area contributed by atoms with Gasteiger partial charge in [0, 0.05) is 5.92 Å². The van der Waals surface area contributed by atoms with Gasteiger partial charge in [-0.3, -0.25) is 4.79 Å². The summed E-state index contributed by atoms with van der Waals surface area (Å²) in [6.45, 7) is 1.69. The zero-order valence-electron chi connectivity index (χ0n) is 16.2. The number of hydrogen-bond donors (Lipinski definition) is 2. The summed E-state index contributed by atoms with van der Waals surface area (Å²) in [7, 11) is -3.61. The third-order valence-electron chi connectivity index (χ3n) is 5.06. The Kier molecular flexibility index (Phi) is 8.20. The molecule has 0 radical (unpaired) electrons. The molecule has 152 valence electrons. The summed E-state index contributed by atoms with van der Waals surface area (Å²) in [4.78, 5) is 11.6. The molecule has 0 bridgehead atoms. The Labute approximate surface area is 167 Å². The first-order valence-corrected chi connectivity index (χ1v) is 11.2. The second-order valence-electron chi connectivity index (χ2n) is 7.27. The van der Waals surface area contributed by atoms with Crippen LogP contribution in [-0.2, 0) is 21.1 Å². The molecule has 3 unspecified atom stereocenters. The lowest BCUT2D eigenvalue weighted by atomic mass is 9.99. The molecule has 0 aliphatic rings. The van der Waals surface area contributed by atoms with E-state index in [-0.39, 0.29) is 17.7 Å². The van der Waals surface area contributed by atoms with Gasteiger partial charge in [0.2, 0.25) is 5.91 Å². The Morgan fingerprint density at radius 3 is 2.11 bits per heavy atom. The third kappa shape index (κ3) is 6.46. The first-order chi connectivity index (χ1) is 13.3. The van der Waals surface area contributed by atoms with E-state index in [0.29, 0.717) is 19.3 Å². The van der Waals surface area contributed by atoms with Gasteiger partial charge in [0.25, 0.3) is 0 Å². The Bertz CT molecular complexity index is 837. The second-order valence-corrected chi connectivity index (χ2v) is 9.50. The molecule has 0 aromatic heterocycles. The molecule has 2 aromatic carbocycles. The van der Waals surface area contributed by atoms with Crippen molar-refractivity contribution >= 4 is 15.7 Å². The summed E-state index contributed by atoms with van der Waals surface area (Å²) in [5, 5.41) is 9.75. The number of sulfone groups is 1. The van der Waals surface area contributed by atoms with Crippen LogP contribution < -0.4 is 5.73 Å². The molecule has 0 spiro atoms. The molecule has 6 heteroatoms. The topological polar surface area (TPSA) is 97.5 Å². The minimum atomic E-state index is -3.61. The van der Waals surface area contributed by atoms with E-state index in [1.165, 1.54) is 0 Å². The molecule has 1 amide bonds. The van der Waals surface area contributed by atoms with Gasteiger partial charge in [-0.05, 0) is 49.8 Å². The van der Waals surface area contributed by atoms with Crippen LogP contribution in [-0.4, -0.2) is 30.8 Å². The smallest absolute Gasteiger partial charge is 0.220 e. The van der Waals surface area contributed by atoms with E-state index >= 15 is 0 Å². The monoisotopic (exact) mass is 403 g/mol. The van der Waals surface area contributed by atoms with E-state index in [9.17, 15) is 18.3 Å².